The van der Waals surface area contributed by atoms with E-state index >= 15 is 0 Å². The molecule has 104 valence electrons. The van der Waals surface area contributed by atoms with Gasteiger partial charge in [0.05, 0.1) is 5.52 Å². The summed E-state index contributed by atoms with van der Waals surface area (Å²) in [4.78, 5) is 2.53. The normalized spacial score (nSPS) is 16.2. The number of hydrogen-bond donors (Lipinski definition) is 2. The molecule has 0 unspecified atom stereocenters. The summed E-state index contributed by atoms with van der Waals surface area (Å²) in [5.41, 5.74) is 1.10. The molecule has 1 aromatic heterocycles. The molecule has 0 saturated carbocycles. The van der Waals surface area contributed by atoms with Crippen molar-refractivity contribution < 1.29 is 0 Å². The zero-order valence-corrected chi connectivity index (χ0v) is 11.9. The number of fused-ring (bicyclic) bond motifs is 1. The molecule has 0 atom stereocenters. The van der Waals surface area contributed by atoms with Gasteiger partial charge in [-0.2, -0.15) is 5.10 Å². The van der Waals surface area contributed by atoms with Crippen LogP contribution in [-0.4, -0.2) is 41.3 Å². The SMILES string of the molecule is Cl.c1ccc2c(NCCN3CCCCC3)n[nH]c2c1. The summed E-state index contributed by atoms with van der Waals surface area (Å²) < 4.78 is 0. The first-order chi connectivity index (χ1) is 8.93. The maximum absolute atomic E-state index is 4.32. The molecule has 2 N–H and O–H groups in total. The van der Waals surface area contributed by atoms with Gasteiger partial charge in [-0.3, -0.25) is 5.10 Å². The third-order valence-electron chi connectivity index (χ3n) is 3.64. The van der Waals surface area contributed by atoms with Gasteiger partial charge >= 0.3 is 0 Å². The first kappa shape index (κ1) is 14.2. The Bertz CT molecular complexity index is 505. The second-order valence-corrected chi connectivity index (χ2v) is 4.95. The number of halogens is 1. The number of H-pyrrole nitrogens is 1. The number of aromatic amines is 1. The van der Waals surface area contributed by atoms with Crippen LogP contribution in [0.4, 0.5) is 5.82 Å². The van der Waals surface area contributed by atoms with E-state index in [1.165, 1.54) is 37.7 Å². The molecule has 2 aromatic rings. The summed E-state index contributed by atoms with van der Waals surface area (Å²) in [6.07, 6.45) is 4.10. The average Bonchev–Trinajstić information content (AvgIpc) is 2.84. The summed E-state index contributed by atoms with van der Waals surface area (Å²) in [7, 11) is 0. The molecular formula is C14H21ClN4. The highest BCUT2D eigenvalue weighted by Crippen LogP contribution is 2.19. The van der Waals surface area contributed by atoms with Crippen molar-refractivity contribution in [3.63, 3.8) is 0 Å². The van der Waals surface area contributed by atoms with Crippen molar-refractivity contribution in [3.8, 4) is 0 Å². The monoisotopic (exact) mass is 280 g/mol. The number of hydrogen-bond acceptors (Lipinski definition) is 3. The third kappa shape index (κ3) is 3.39. The summed E-state index contributed by atoms with van der Waals surface area (Å²) in [6.45, 7) is 4.59. The maximum Gasteiger partial charge on any atom is 0.155 e. The van der Waals surface area contributed by atoms with Crippen LogP contribution in [0, 0.1) is 0 Å². The van der Waals surface area contributed by atoms with Crippen LogP contribution in [0.25, 0.3) is 10.9 Å². The molecule has 1 aliphatic rings. The predicted molar refractivity (Wildman–Crippen MR) is 82.1 cm³/mol. The van der Waals surface area contributed by atoms with Crippen LogP contribution in [0.1, 0.15) is 19.3 Å². The fourth-order valence-electron chi connectivity index (χ4n) is 2.61. The molecule has 1 fully saturated rings. The number of rotatable bonds is 4. The van der Waals surface area contributed by atoms with E-state index in [2.05, 4.69) is 32.5 Å². The van der Waals surface area contributed by atoms with Gasteiger partial charge in [0.15, 0.2) is 5.82 Å². The van der Waals surface area contributed by atoms with Crippen molar-refractivity contribution >= 4 is 29.1 Å². The standard InChI is InChI=1S/C14H20N4.ClH/c1-4-9-18(10-5-1)11-8-15-14-12-6-2-3-7-13(12)16-17-14;/h2-3,6-7H,1,4-5,8-11H2,(H2,15,16,17);1H. The first-order valence-electron chi connectivity index (χ1n) is 6.83. The van der Waals surface area contributed by atoms with Crippen molar-refractivity contribution in [2.75, 3.05) is 31.5 Å². The summed E-state index contributed by atoms with van der Waals surface area (Å²) >= 11 is 0. The number of para-hydroxylation sites is 1. The van der Waals surface area contributed by atoms with Gasteiger partial charge in [0.25, 0.3) is 0 Å². The lowest BCUT2D eigenvalue weighted by Gasteiger charge is -2.26. The number of aromatic nitrogens is 2. The summed E-state index contributed by atoms with van der Waals surface area (Å²) in [6, 6.07) is 8.23. The molecular weight excluding hydrogens is 260 g/mol. The van der Waals surface area contributed by atoms with E-state index in [-0.39, 0.29) is 12.4 Å². The Balaban J connectivity index is 0.00000133. The fourth-order valence-corrected chi connectivity index (χ4v) is 2.61. The van der Waals surface area contributed by atoms with E-state index in [1.54, 1.807) is 0 Å². The molecule has 1 aliphatic heterocycles. The topological polar surface area (TPSA) is 44.0 Å². The maximum atomic E-state index is 4.32. The Hall–Kier alpha value is -1.26. The van der Waals surface area contributed by atoms with Gasteiger partial charge in [-0.1, -0.05) is 18.6 Å². The van der Waals surface area contributed by atoms with Gasteiger partial charge in [-0.25, -0.2) is 0 Å². The van der Waals surface area contributed by atoms with Gasteiger partial charge in [-0.15, -0.1) is 12.4 Å². The minimum Gasteiger partial charge on any atom is -0.367 e. The van der Waals surface area contributed by atoms with E-state index in [4.69, 9.17) is 0 Å². The van der Waals surface area contributed by atoms with Crippen molar-refractivity contribution in [3.05, 3.63) is 24.3 Å². The zero-order chi connectivity index (χ0) is 12.2. The summed E-state index contributed by atoms with van der Waals surface area (Å²) in [5.74, 6) is 0.975. The lowest BCUT2D eigenvalue weighted by molar-refractivity contribution is 0.237. The molecule has 3 rings (SSSR count). The number of anilines is 1. The zero-order valence-electron chi connectivity index (χ0n) is 11.1. The minimum atomic E-state index is 0. The van der Waals surface area contributed by atoms with Crippen LogP contribution in [0.2, 0.25) is 0 Å². The van der Waals surface area contributed by atoms with Crippen molar-refractivity contribution in [2.45, 2.75) is 19.3 Å². The van der Waals surface area contributed by atoms with Crippen LogP contribution in [0.5, 0.6) is 0 Å². The summed E-state index contributed by atoms with van der Waals surface area (Å²) in [5, 5.41) is 12.0. The second kappa shape index (κ2) is 6.78. The quantitative estimate of drug-likeness (QED) is 0.905. The van der Waals surface area contributed by atoms with E-state index in [1.807, 2.05) is 12.1 Å². The number of likely N-dealkylation sites (tertiary alicyclic amines) is 1. The van der Waals surface area contributed by atoms with E-state index in [9.17, 15) is 0 Å². The molecule has 0 radical (unpaired) electrons. The smallest absolute Gasteiger partial charge is 0.155 e. The molecule has 1 saturated heterocycles. The van der Waals surface area contributed by atoms with Crippen molar-refractivity contribution in [1.82, 2.24) is 15.1 Å². The number of nitrogens with one attached hydrogen (secondary N) is 2. The van der Waals surface area contributed by atoms with E-state index < -0.39 is 0 Å². The highest BCUT2D eigenvalue weighted by atomic mass is 35.5. The Labute approximate surface area is 120 Å². The van der Waals surface area contributed by atoms with E-state index in [0.717, 1.165) is 24.4 Å². The number of benzene rings is 1. The van der Waals surface area contributed by atoms with E-state index in [0.29, 0.717) is 0 Å². The predicted octanol–water partition coefficient (Wildman–Crippen LogP) is 2.88. The Morgan fingerprint density at radius 3 is 2.79 bits per heavy atom. The highest BCUT2D eigenvalue weighted by Gasteiger charge is 2.09. The van der Waals surface area contributed by atoms with Crippen LogP contribution in [-0.2, 0) is 0 Å². The third-order valence-corrected chi connectivity index (χ3v) is 3.64. The lowest BCUT2D eigenvalue weighted by atomic mass is 10.1. The second-order valence-electron chi connectivity index (χ2n) is 4.95. The molecule has 1 aromatic carbocycles. The van der Waals surface area contributed by atoms with Gasteiger partial charge in [0.2, 0.25) is 0 Å². The van der Waals surface area contributed by atoms with Crippen molar-refractivity contribution in [2.24, 2.45) is 0 Å². The molecule has 0 aliphatic carbocycles. The molecule has 2 heterocycles. The first-order valence-corrected chi connectivity index (χ1v) is 6.83. The van der Waals surface area contributed by atoms with Crippen molar-refractivity contribution in [1.29, 1.82) is 0 Å². The van der Waals surface area contributed by atoms with Crippen LogP contribution < -0.4 is 5.32 Å². The Morgan fingerprint density at radius 1 is 1.16 bits per heavy atom. The van der Waals surface area contributed by atoms with Gasteiger partial charge in [-0.05, 0) is 38.1 Å². The largest absolute Gasteiger partial charge is 0.367 e. The molecule has 5 heteroatoms. The number of piperidine rings is 1. The minimum absolute atomic E-state index is 0. The van der Waals surface area contributed by atoms with Gasteiger partial charge < -0.3 is 10.2 Å². The average molecular weight is 281 g/mol. The Kier molecular flexibility index (Phi) is 5.05. The van der Waals surface area contributed by atoms with Gasteiger partial charge in [0.1, 0.15) is 0 Å². The fraction of sp³-hybridized carbons (Fsp3) is 0.500. The number of nitrogens with zero attached hydrogens (tertiary/aromatic N) is 2. The van der Waals surface area contributed by atoms with Gasteiger partial charge in [0, 0.05) is 18.5 Å². The lowest BCUT2D eigenvalue weighted by Crippen LogP contribution is -2.33. The molecule has 0 spiro atoms. The highest BCUT2D eigenvalue weighted by molar-refractivity contribution is 5.89. The molecule has 19 heavy (non-hydrogen) atoms. The molecule has 0 amide bonds. The van der Waals surface area contributed by atoms with Crippen LogP contribution in [0.15, 0.2) is 24.3 Å². The molecule has 4 nitrogen and oxygen atoms in total. The molecule has 0 bridgehead atoms. The Morgan fingerprint density at radius 2 is 1.95 bits per heavy atom. The van der Waals surface area contributed by atoms with Crippen LogP contribution >= 0.6 is 12.4 Å². The van der Waals surface area contributed by atoms with Crippen LogP contribution in [0.3, 0.4) is 0 Å².